The molecule has 2 heterocycles. The van der Waals surface area contributed by atoms with E-state index in [2.05, 4.69) is 31.0 Å². The number of rotatable bonds is 5. The number of aryl methyl sites for hydroxylation is 1. The number of hydrogen-bond donors (Lipinski definition) is 3. The fraction of sp³-hybridized carbons (Fsp3) is 0.227. The van der Waals surface area contributed by atoms with Crippen molar-refractivity contribution in [2.24, 2.45) is 0 Å². The van der Waals surface area contributed by atoms with Crippen molar-refractivity contribution in [2.75, 3.05) is 33.9 Å². The summed E-state index contributed by atoms with van der Waals surface area (Å²) in [5, 5.41) is 17.2. The Bertz CT molecular complexity index is 983. The third kappa shape index (κ3) is 5.01. The molecule has 0 unspecified atom stereocenters. The van der Waals surface area contributed by atoms with Gasteiger partial charge >= 0.3 is 6.03 Å². The van der Waals surface area contributed by atoms with Gasteiger partial charge in [-0.3, -0.25) is 0 Å². The van der Waals surface area contributed by atoms with Crippen LogP contribution >= 0.6 is 0 Å². The largest absolute Gasteiger partial charge is 0.370 e. The highest BCUT2D eigenvalue weighted by Crippen LogP contribution is 2.23. The molecule has 4 rings (SSSR count). The summed E-state index contributed by atoms with van der Waals surface area (Å²) in [7, 11) is 0. The Hall–Kier alpha value is -3.61. The van der Waals surface area contributed by atoms with Crippen LogP contribution in [-0.4, -0.2) is 29.3 Å². The van der Waals surface area contributed by atoms with Crippen molar-refractivity contribution in [1.29, 1.82) is 0 Å². The Labute approximate surface area is 170 Å². The van der Waals surface area contributed by atoms with Crippen molar-refractivity contribution in [3.63, 3.8) is 0 Å². The minimum absolute atomic E-state index is 0.277. The highest BCUT2D eigenvalue weighted by atomic mass is 16.2. The van der Waals surface area contributed by atoms with E-state index in [1.807, 2.05) is 61.5 Å². The number of hydrogen-bond acceptors (Lipinski definition) is 5. The maximum atomic E-state index is 12.2. The van der Waals surface area contributed by atoms with Gasteiger partial charge in [-0.15, -0.1) is 5.10 Å². The fourth-order valence-corrected chi connectivity index (χ4v) is 3.37. The highest BCUT2D eigenvalue weighted by Gasteiger charge is 2.13. The van der Waals surface area contributed by atoms with Crippen LogP contribution in [0, 0.1) is 6.92 Å². The van der Waals surface area contributed by atoms with Crippen LogP contribution in [0.3, 0.4) is 0 Å². The summed E-state index contributed by atoms with van der Waals surface area (Å²) >= 11 is 0. The molecule has 2 amide bonds. The zero-order valence-corrected chi connectivity index (χ0v) is 16.4. The van der Waals surface area contributed by atoms with E-state index in [-0.39, 0.29) is 6.03 Å². The average molecular weight is 388 g/mol. The number of carbonyl (C=O) groups is 1. The van der Waals surface area contributed by atoms with E-state index >= 15 is 0 Å². The highest BCUT2D eigenvalue weighted by molar-refractivity contribution is 5.99. The molecule has 0 saturated carbocycles. The molecular weight excluding hydrogens is 364 g/mol. The molecule has 148 valence electrons. The molecule has 0 spiro atoms. The third-order valence-electron chi connectivity index (χ3n) is 4.80. The van der Waals surface area contributed by atoms with E-state index in [1.54, 1.807) is 6.20 Å². The zero-order valence-electron chi connectivity index (χ0n) is 16.4. The number of benzene rings is 2. The summed E-state index contributed by atoms with van der Waals surface area (Å²) in [5.41, 5.74) is 4.53. The predicted octanol–water partition coefficient (Wildman–Crippen LogP) is 4.77. The Kier molecular flexibility index (Phi) is 5.56. The Morgan fingerprint density at radius 2 is 1.66 bits per heavy atom. The Balaban J connectivity index is 1.35. The van der Waals surface area contributed by atoms with Gasteiger partial charge in [0.1, 0.15) is 0 Å². The molecule has 7 heteroatoms. The monoisotopic (exact) mass is 388 g/mol. The molecule has 1 fully saturated rings. The second-order valence-electron chi connectivity index (χ2n) is 7.14. The van der Waals surface area contributed by atoms with Gasteiger partial charge in [0.15, 0.2) is 5.82 Å². The van der Waals surface area contributed by atoms with Gasteiger partial charge in [-0.05, 0) is 61.7 Å². The standard InChI is InChI=1S/C22H24N6O/c1-16-5-4-6-19(13-16)26-22(29)25-18-9-7-17(8-10-18)24-21-14-20(15-23-27-21)28-11-2-3-12-28/h4-10,13-15H,2-3,11-12H2,1H3,(H,24,27)(H2,25,26,29). The molecule has 1 aromatic heterocycles. The summed E-state index contributed by atoms with van der Waals surface area (Å²) < 4.78 is 0. The number of amides is 2. The topological polar surface area (TPSA) is 82.2 Å². The molecule has 0 atom stereocenters. The molecule has 0 radical (unpaired) electrons. The maximum Gasteiger partial charge on any atom is 0.323 e. The summed E-state index contributed by atoms with van der Waals surface area (Å²) in [5.74, 6) is 0.701. The van der Waals surface area contributed by atoms with Gasteiger partial charge in [-0.25, -0.2) is 4.79 Å². The molecule has 0 bridgehead atoms. The number of nitrogens with zero attached hydrogens (tertiary/aromatic N) is 3. The van der Waals surface area contributed by atoms with Gasteiger partial charge in [0.2, 0.25) is 0 Å². The first-order valence-corrected chi connectivity index (χ1v) is 9.75. The summed E-state index contributed by atoms with van der Waals surface area (Å²) in [6.07, 6.45) is 4.24. The Morgan fingerprint density at radius 1 is 0.931 bits per heavy atom. The van der Waals surface area contributed by atoms with Gasteiger partial charge in [0, 0.05) is 36.2 Å². The molecule has 1 aliphatic rings. The first kappa shape index (κ1) is 18.7. The second kappa shape index (κ2) is 8.60. The molecule has 3 N–H and O–H groups in total. The van der Waals surface area contributed by atoms with E-state index in [0.717, 1.165) is 35.7 Å². The number of aromatic nitrogens is 2. The minimum atomic E-state index is -0.277. The van der Waals surface area contributed by atoms with Crippen LogP contribution in [0.5, 0.6) is 0 Å². The number of anilines is 5. The van der Waals surface area contributed by atoms with E-state index in [9.17, 15) is 4.79 Å². The normalized spacial score (nSPS) is 13.2. The minimum Gasteiger partial charge on any atom is -0.370 e. The molecule has 1 saturated heterocycles. The molecule has 0 aliphatic carbocycles. The van der Waals surface area contributed by atoms with Crippen LogP contribution in [0.1, 0.15) is 18.4 Å². The van der Waals surface area contributed by atoms with E-state index in [1.165, 1.54) is 12.8 Å². The van der Waals surface area contributed by atoms with Crippen LogP contribution in [-0.2, 0) is 0 Å². The van der Waals surface area contributed by atoms with Crippen LogP contribution in [0.4, 0.5) is 33.4 Å². The van der Waals surface area contributed by atoms with Crippen molar-refractivity contribution in [2.45, 2.75) is 19.8 Å². The average Bonchev–Trinajstić information content (AvgIpc) is 3.25. The lowest BCUT2D eigenvalue weighted by molar-refractivity contribution is 0.262. The summed E-state index contributed by atoms with van der Waals surface area (Å²) in [4.78, 5) is 14.5. The quantitative estimate of drug-likeness (QED) is 0.586. The van der Waals surface area contributed by atoms with E-state index in [0.29, 0.717) is 11.5 Å². The lowest BCUT2D eigenvalue weighted by Crippen LogP contribution is -2.19. The van der Waals surface area contributed by atoms with Gasteiger partial charge in [0.05, 0.1) is 11.9 Å². The summed E-state index contributed by atoms with van der Waals surface area (Å²) in [6, 6.07) is 16.9. The third-order valence-corrected chi connectivity index (χ3v) is 4.80. The molecule has 7 nitrogen and oxygen atoms in total. The predicted molar refractivity (Wildman–Crippen MR) is 117 cm³/mol. The zero-order chi connectivity index (χ0) is 20.1. The van der Waals surface area contributed by atoms with E-state index < -0.39 is 0 Å². The van der Waals surface area contributed by atoms with Crippen molar-refractivity contribution >= 4 is 34.6 Å². The van der Waals surface area contributed by atoms with Gasteiger partial charge in [-0.1, -0.05) is 12.1 Å². The Morgan fingerprint density at radius 3 is 2.41 bits per heavy atom. The van der Waals surface area contributed by atoms with Crippen LogP contribution < -0.4 is 20.9 Å². The summed E-state index contributed by atoms with van der Waals surface area (Å²) in [6.45, 7) is 4.12. The van der Waals surface area contributed by atoms with Crippen LogP contribution in [0.2, 0.25) is 0 Å². The molecule has 29 heavy (non-hydrogen) atoms. The molecule has 3 aromatic rings. The van der Waals surface area contributed by atoms with Crippen LogP contribution in [0.25, 0.3) is 0 Å². The van der Waals surface area contributed by atoms with E-state index in [4.69, 9.17) is 0 Å². The SMILES string of the molecule is Cc1cccc(NC(=O)Nc2ccc(Nc3cc(N4CCCC4)cnn3)cc2)c1. The van der Waals surface area contributed by atoms with Crippen LogP contribution in [0.15, 0.2) is 60.8 Å². The fourth-order valence-electron chi connectivity index (χ4n) is 3.37. The first-order chi connectivity index (χ1) is 14.2. The van der Waals surface area contributed by atoms with Crippen molar-refractivity contribution in [3.05, 3.63) is 66.4 Å². The van der Waals surface area contributed by atoms with Crippen molar-refractivity contribution in [3.8, 4) is 0 Å². The first-order valence-electron chi connectivity index (χ1n) is 9.75. The lowest BCUT2D eigenvalue weighted by atomic mass is 10.2. The number of carbonyl (C=O) groups excluding carboxylic acids is 1. The van der Waals surface area contributed by atoms with Gasteiger partial charge in [0.25, 0.3) is 0 Å². The smallest absolute Gasteiger partial charge is 0.323 e. The van der Waals surface area contributed by atoms with Gasteiger partial charge < -0.3 is 20.9 Å². The number of urea groups is 1. The molecule has 2 aromatic carbocycles. The van der Waals surface area contributed by atoms with Gasteiger partial charge in [-0.2, -0.15) is 5.10 Å². The number of nitrogens with one attached hydrogen (secondary N) is 3. The second-order valence-corrected chi connectivity index (χ2v) is 7.14. The van der Waals surface area contributed by atoms with Crippen molar-refractivity contribution in [1.82, 2.24) is 10.2 Å². The van der Waals surface area contributed by atoms with Crippen molar-refractivity contribution < 1.29 is 4.79 Å². The molecular formula is C22H24N6O. The maximum absolute atomic E-state index is 12.2. The lowest BCUT2D eigenvalue weighted by Gasteiger charge is -2.17. The molecule has 1 aliphatic heterocycles.